The molecule has 1 N–H and O–H groups in total. The van der Waals surface area contributed by atoms with Gasteiger partial charge in [0.25, 0.3) is 0 Å². The topological polar surface area (TPSA) is 58.1 Å². The van der Waals surface area contributed by atoms with E-state index in [4.69, 9.17) is 4.98 Å². The highest BCUT2D eigenvalue weighted by molar-refractivity contribution is 7.15. The molecule has 7 heteroatoms. The van der Waals surface area contributed by atoms with Crippen LogP contribution in [0.1, 0.15) is 54.6 Å². The number of nitrogens with one attached hydrogen (secondary N) is 1. The van der Waals surface area contributed by atoms with Gasteiger partial charge < -0.3 is 10.2 Å². The lowest BCUT2D eigenvalue weighted by atomic mass is 9.83. The second-order valence-electron chi connectivity index (χ2n) is 8.53. The van der Waals surface area contributed by atoms with E-state index in [1.165, 1.54) is 17.0 Å². The highest BCUT2D eigenvalue weighted by Crippen LogP contribution is 2.37. The average molecular weight is 439 g/mol. The van der Waals surface area contributed by atoms with Crippen LogP contribution < -0.4 is 5.32 Å². The molecule has 1 aliphatic rings. The van der Waals surface area contributed by atoms with Crippen molar-refractivity contribution in [1.29, 1.82) is 0 Å². The molecule has 1 aliphatic heterocycles. The molecule has 0 aliphatic carbocycles. The summed E-state index contributed by atoms with van der Waals surface area (Å²) in [5.74, 6) is 0.381. The third-order valence-electron chi connectivity index (χ3n) is 5.97. The summed E-state index contributed by atoms with van der Waals surface area (Å²) in [6.45, 7) is 8.43. The van der Waals surface area contributed by atoms with Gasteiger partial charge in [-0.15, -0.1) is 11.3 Å². The maximum absolute atomic E-state index is 13.8. The predicted octanol–water partition coefficient (Wildman–Crippen LogP) is 5.68. The molecule has 1 amide bonds. The molecule has 0 saturated carbocycles. The number of aromatic nitrogens is 2. The van der Waals surface area contributed by atoms with Crippen LogP contribution in [0.15, 0.2) is 42.5 Å². The molecule has 5 nitrogen and oxygen atoms in total. The van der Waals surface area contributed by atoms with Gasteiger partial charge in [0, 0.05) is 11.4 Å². The fourth-order valence-corrected chi connectivity index (χ4v) is 4.84. The molecule has 1 fully saturated rings. The Morgan fingerprint density at radius 1 is 1.19 bits per heavy atom. The highest BCUT2D eigenvalue weighted by Gasteiger charge is 2.40. The van der Waals surface area contributed by atoms with Crippen molar-refractivity contribution >= 4 is 28.2 Å². The van der Waals surface area contributed by atoms with E-state index in [9.17, 15) is 9.18 Å². The highest BCUT2D eigenvalue weighted by atomic mass is 32.1. The summed E-state index contributed by atoms with van der Waals surface area (Å²) in [5, 5.41) is 4.10. The molecule has 3 aromatic rings. The van der Waals surface area contributed by atoms with Crippen molar-refractivity contribution in [2.24, 2.45) is 0 Å². The summed E-state index contributed by atoms with van der Waals surface area (Å²) in [5.41, 5.74) is 1.73. The maximum Gasteiger partial charge on any atom is 0.233 e. The molecule has 0 spiro atoms. The van der Waals surface area contributed by atoms with Gasteiger partial charge in [-0.05, 0) is 70.4 Å². The Kier molecular flexibility index (Phi) is 5.79. The molecule has 1 unspecified atom stereocenters. The summed E-state index contributed by atoms with van der Waals surface area (Å²) in [6.07, 6.45) is 1.77. The molecule has 1 aromatic carbocycles. The van der Waals surface area contributed by atoms with Crippen molar-refractivity contribution in [2.75, 3.05) is 11.9 Å². The number of carbonyl (C=O) groups excluding carboxylic acids is 1. The number of aryl methyl sites for hydroxylation is 2. The van der Waals surface area contributed by atoms with Gasteiger partial charge in [-0.1, -0.05) is 18.2 Å². The Balaban J connectivity index is 1.57. The molecule has 31 heavy (non-hydrogen) atoms. The lowest BCUT2D eigenvalue weighted by molar-refractivity contribution is -0.137. The van der Waals surface area contributed by atoms with Crippen molar-refractivity contribution in [1.82, 2.24) is 14.9 Å². The lowest BCUT2D eigenvalue weighted by Gasteiger charge is -2.33. The summed E-state index contributed by atoms with van der Waals surface area (Å²) in [4.78, 5) is 25.9. The smallest absolute Gasteiger partial charge is 0.233 e. The number of nitrogens with zero attached hydrogens (tertiary/aromatic N) is 3. The van der Waals surface area contributed by atoms with Crippen molar-refractivity contribution in [3.05, 3.63) is 70.1 Å². The summed E-state index contributed by atoms with van der Waals surface area (Å²) >= 11 is 1.60. The maximum atomic E-state index is 13.8. The van der Waals surface area contributed by atoms with Crippen LogP contribution in [0.25, 0.3) is 0 Å². The molecule has 2 aromatic heterocycles. The number of anilines is 2. The van der Waals surface area contributed by atoms with Gasteiger partial charge in [0.2, 0.25) is 5.91 Å². The van der Waals surface area contributed by atoms with Crippen LogP contribution in [0.5, 0.6) is 0 Å². The van der Waals surface area contributed by atoms with Gasteiger partial charge in [-0.2, -0.15) is 0 Å². The minimum Gasteiger partial charge on any atom is -0.333 e. The number of halogens is 1. The SMILES string of the molecule is Cc1nc(Nc2cccc(C3CCCN3C(=O)C(C)(C)c3cccc(F)c3)n2)sc1C. The predicted molar refractivity (Wildman–Crippen MR) is 122 cm³/mol. The first-order valence-corrected chi connectivity index (χ1v) is 11.3. The van der Waals surface area contributed by atoms with Crippen LogP contribution in [0.3, 0.4) is 0 Å². The van der Waals surface area contributed by atoms with Crippen LogP contribution in [0.2, 0.25) is 0 Å². The Morgan fingerprint density at radius 3 is 2.68 bits per heavy atom. The number of likely N-dealkylation sites (tertiary alicyclic amines) is 1. The second-order valence-corrected chi connectivity index (χ2v) is 9.73. The standard InChI is InChI=1S/C24H27FN4OS/c1-15-16(2)31-23(26-15)28-21-12-6-10-19(27-21)20-11-7-13-29(20)22(30)24(3,4)17-8-5-9-18(25)14-17/h5-6,8-10,12,14,20H,7,11,13H2,1-4H3,(H,26,27,28). The van der Waals surface area contributed by atoms with Crippen molar-refractivity contribution in [3.63, 3.8) is 0 Å². The Bertz CT molecular complexity index is 1090. The molecule has 1 saturated heterocycles. The number of hydrogen-bond acceptors (Lipinski definition) is 5. The molecule has 162 valence electrons. The molecule has 0 bridgehead atoms. The van der Waals surface area contributed by atoms with Crippen LogP contribution in [0.4, 0.5) is 15.3 Å². The van der Waals surface area contributed by atoms with Crippen molar-refractivity contribution < 1.29 is 9.18 Å². The number of hydrogen-bond donors (Lipinski definition) is 1. The number of rotatable bonds is 5. The van der Waals surface area contributed by atoms with E-state index in [-0.39, 0.29) is 17.8 Å². The molecular weight excluding hydrogens is 411 g/mol. The Labute approximate surface area is 186 Å². The number of amides is 1. The third-order valence-corrected chi connectivity index (χ3v) is 6.96. The van der Waals surface area contributed by atoms with Gasteiger partial charge in [-0.3, -0.25) is 4.79 Å². The number of carbonyl (C=O) groups is 1. The van der Waals surface area contributed by atoms with Crippen molar-refractivity contribution in [2.45, 2.75) is 52.0 Å². The quantitative estimate of drug-likeness (QED) is 0.557. The first-order chi connectivity index (χ1) is 14.8. The number of benzene rings is 1. The molecule has 4 rings (SSSR count). The van der Waals surface area contributed by atoms with E-state index in [1.54, 1.807) is 17.4 Å². The molecular formula is C24H27FN4OS. The van der Waals surface area contributed by atoms with E-state index >= 15 is 0 Å². The zero-order chi connectivity index (χ0) is 22.2. The van der Waals surface area contributed by atoms with Gasteiger partial charge in [-0.25, -0.2) is 14.4 Å². The zero-order valence-electron chi connectivity index (χ0n) is 18.3. The Morgan fingerprint density at radius 2 is 1.97 bits per heavy atom. The van der Waals surface area contributed by atoms with E-state index < -0.39 is 5.41 Å². The normalized spacial score (nSPS) is 16.5. The first-order valence-electron chi connectivity index (χ1n) is 10.5. The fraction of sp³-hybridized carbons (Fsp3) is 0.375. The molecule has 0 radical (unpaired) electrons. The van der Waals surface area contributed by atoms with Crippen molar-refractivity contribution in [3.8, 4) is 0 Å². The zero-order valence-corrected chi connectivity index (χ0v) is 19.1. The monoisotopic (exact) mass is 438 g/mol. The largest absolute Gasteiger partial charge is 0.333 e. The summed E-state index contributed by atoms with van der Waals surface area (Å²) in [6, 6.07) is 12.0. The second kappa shape index (κ2) is 8.38. The average Bonchev–Trinajstić information content (AvgIpc) is 3.34. The minimum absolute atomic E-state index is 0.00747. The number of thiazole rings is 1. The van der Waals surface area contributed by atoms with E-state index in [2.05, 4.69) is 10.3 Å². The molecule has 3 heterocycles. The number of pyridine rings is 1. The summed E-state index contributed by atoms with van der Waals surface area (Å²) in [7, 11) is 0. The third kappa shape index (κ3) is 4.32. The van der Waals surface area contributed by atoms with Gasteiger partial charge >= 0.3 is 0 Å². The van der Waals surface area contributed by atoms with Crippen LogP contribution >= 0.6 is 11.3 Å². The summed E-state index contributed by atoms with van der Waals surface area (Å²) < 4.78 is 13.8. The Hall–Kier alpha value is -2.80. The molecule has 1 atom stereocenters. The van der Waals surface area contributed by atoms with E-state index in [1.807, 2.05) is 56.9 Å². The minimum atomic E-state index is -0.823. The first kappa shape index (κ1) is 21.4. The van der Waals surface area contributed by atoms with Crippen LogP contribution in [-0.2, 0) is 10.2 Å². The fourth-order valence-electron chi connectivity index (χ4n) is 4.02. The van der Waals surface area contributed by atoms with Gasteiger partial charge in [0.1, 0.15) is 11.6 Å². The van der Waals surface area contributed by atoms with E-state index in [0.717, 1.165) is 35.2 Å². The lowest BCUT2D eigenvalue weighted by Crippen LogP contribution is -2.43. The van der Waals surface area contributed by atoms with Crippen LogP contribution in [0, 0.1) is 19.7 Å². The van der Waals surface area contributed by atoms with Gasteiger partial charge in [0.05, 0.1) is 22.8 Å². The van der Waals surface area contributed by atoms with Gasteiger partial charge in [0.15, 0.2) is 5.13 Å². The van der Waals surface area contributed by atoms with E-state index in [0.29, 0.717) is 12.1 Å². The van der Waals surface area contributed by atoms with Crippen LogP contribution in [-0.4, -0.2) is 27.3 Å².